The first-order valence-corrected chi connectivity index (χ1v) is 9.75. The number of rotatable bonds is 7. The highest BCUT2D eigenvalue weighted by molar-refractivity contribution is 5.94. The number of piperidine rings is 1. The fourth-order valence-electron chi connectivity index (χ4n) is 3.37. The van der Waals surface area contributed by atoms with Gasteiger partial charge >= 0.3 is 0 Å². The SMILES string of the molecule is COCC(=O)N1CCC(Oc2ccc(C(=O)N(C)Cc3ncc(C)[nH]3)cc2)CC1. The Morgan fingerprint density at radius 2 is 1.93 bits per heavy atom. The molecule has 0 aliphatic carbocycles. The van der Waals surface area contributed by atoms with Crippen LogP contribution in [0.1, 0.15) is 34.7 Å². The first-order valence-electron chi connectivity index (χ1n) is 9.75. The monoisotopic (exact) mass is 400 g/mol. The predicted octanol–water partition coefficient (Wildman–Crippen LogP) is 2.01. The van der Waals surface area contributed by atoms with E-state index in [0.29, 0.717) is 25.2 Å². The second-order valence-corrected chi connectivity index (χ2v) is 7.33. The van der Waals surface area contributed by atoms with Crippen molar-refractivity contribution in [2.24, 2.45) is 0 Å². The summed E-state index contributed by atoms with van der Waals surface area (Å²) >= 11 is 0. The summed E-state index contributed by atoms with van der Waals surface area (Å²) in [5.74, 6) is 1.43. The van der Waals surface area contributed by atoms with Gasteiger partial charge in [-0.05, 0) is 31.2 Å². The minimum atomic E-state index is -0.0735. The zero-order valence-corrected chi connectivity index (χ0v) is 17.2. The molecule has 156 valence electrons. The number of likely N-dealkylation sites (tertiary alicyclic amines) is 1. The topological polar surface area (TPSA) is 87.8 Å². The van der Waals surface area contributed by atoms with Crippen LogP contribution >= 0.6 is 0 Å². The lowest BCUT2D eigenvalue weighted by Gasteiger charge is -2.32. The lowest BCUT2D eigenvalue weighted by molar-refractivity contribution is -0.136. The van der Waals surface area contributed by atoms with Crippen LogP contribution in [0.4, 0.5) is 0 Å². The predicted molar refractivity (Wildman–Crippen MR) is 108 cm³/mol. The quantitative estimate of drug-likeness (QED) is 0.768. The molecule has 0 saturated carbocycles. The van der Waals surface area contributed by atoms with Crippen LogP contribution < -0.4 is 4.74 Å². The highest BCUT2D eigenvalue weighted by Crippen LogP contribution is 2.20. The summed E-state index contributed by atoms with van der Waals surface area (Å²) in [6.45, 7) is 3.81. The smallest absolute Gasteiger partial charge is 0.254 e. The number of nitrogens with one attached hydrogen (secondary N) is 1. The molecule has 1 aromatic heterocycles. The Balaban J connectivity index is 1.50. The zero-order valence-electron chi connectivity index (χ0n) is 17.2. The first-order chi connectivity index (χ1) is 14.0. The minimum Gasteiger partial charge on any atom is -0.490 e. The van der Waals surface area contributed by atoms with Gasteiger partial charge in [-0.1, -0.05) is 0 Å². The molecule has 29 heavy (non-hydrogen) atoms. The lowest BCUT2D eigenvalue weighted by Crippen LogP contribution is -2.43. The third kappa shape index (κ3) is 5.57. The highest BCUT2D eigenvalue weighted by Gasteiger charge is 2.24. The summed E-state index contributed by atoms with van der Waals surface area (Å²) in [4.78, 5) is 35.3. The summed E-state index contributed by atoms with van der Waals surface area (Å²) < 4.78 is 10.9. The number of nitrogens with zero attached hydrogens (tertiary/aromatic N) is 3. The van der Waals surface area contributed by atoms with Gasteiger partial charge in [0, 0.05) is 57.5 Å². The number of aryl methyl sites for hydroxylation is 1. The van der Waals surface area contributed by atoms with Crippen molar-refractivity contribution >= 4 is 11.8 Å². The van der Waals surface area contributed by atoms with E-state index in [-0.39, 0.29) is 24.5 Å². The van der Waals surface area contributed by atoms with Crippen molar-refractivity contribution in [3.05, 3.63) is 47.5 Å². The molecule has 0 radical (unpaired) electrons. The number of hydrogen-bond acceptors (Lipinski definition) is 5. The van der Waals surface area contributed by atoms with Crippen LogP contribution in [0, 0.1) is 6.92 Å². The molecule has 0 atom stereocenters. The van der Waals surface area contributed by atoms with E-state index in [2.05, 4.69) is 9.97 Å². The van der Waals surface area contributed by atoms with Gasteiger partial charge in [0.1, 0.15) is 24.3 Å². The Kier molecular flexibility index (Phi) is 6.87. The van der Waals surface area contributed by atoms with E-state index < -0.39 is 0 Å². The van der Waals surface area contributed by atoms with E-state index >= 15 is 0 Å². The zero-order chi connectivity index (χ0) is 20.8. The molecule has 8 nitrogen and oxygen atoms in total. The summed E-state index contributed by atoms with van der Waals surface area (Å²) in [5, 5.41) is 0. The second-order valence-electron chi connectivity index (χ2n) is 7.33. The van der Waals surface area contributed by atoms with Crippen molar-refractivity contribution in [2.75, 3.05) is 33.9 Å². The van der Waals surface area contributed by atoms with Crippen molar-refractivity contribution in [1.29, 1.82) is 0 Å². The van der Waals surface area contributed by atoms with Gasteiger partial charge < -0.3 is 24.3 Å². The fraction of sp³-hybridized carbons (Fsp3) is 0.476. The number of carbonyl (C=O) groups excluding carboxylic acids is 2. The number of ether oxygens (including phenoxy) is 2. The molecular formula is C21H28N4O4. The molecule has 1 aliphatic heterocycles. The Hall–Kier alpha value is -2.87. The van der Waals surface area contributed by atoms with E-state index in [0.717, 1.165) is 30.1 Å². The summed E-state index contributed by atoms with van der Waals surface area (Å²) in [7, 11) is 3.28. The van der Waals surface area contributed by atoms with Crippen LogP contribution in [0.5, 0.6) is 5.75 Å². The average Bonchev–Trinajstić information content (AvgIpc) is 3.13. The van der Waals surface area contributed by atoms with Gasteiger partial charge in [0.15, 0.2) is 0 Å². The molecule has 1 fully saturated rings. The van der Waals surface area contributed by atoms with E-state index in [9.17, 15) is 9.59 Å². The molecule has 1 aromatic carbocycles. The van der Waals surface area contributed by atoms with Gasteiger partial charge in [0.05, 0.1) is 6.54 Å². The molecule has 2 heterocycles. The highest BCUT2D eigenvalue weighted by atomic mass is 16.5. The molecule has 0 unspecified atom stereocenters. The molecule has 1 saturated heterocycles. The normalized spacial score (nSPS) is 14.7. The molecule has 2 aromatic rings. The largest absolute Gasteiger partial charge is 0.490 e. The Morgan fingerprint density at radius 3 is 2.52 bits per heavy atom. The Morgan fingerprint density at radius 1 is 1.24 bits per heavy atom. The molecular weight excluding hydrogens is 372 g/mol. The van der Waals surface area contributed by atoms with Gasteiger partial charge in [-0.25, -0.2) is 4.98 Å². The number of carbonyl (C=O) groups is 2. The van der Waals surface area contributed by atoms with Crippen molar-refractivity contribution in [2.45, 2.75) is 32.4 Å². The van der Waals surface area contributed by atoms with Crippen LogP contribution in [0.2, 0.25) is 0 Å². The number of H-pyrrole nitrogens is 1. The van der Waals surface area contributed by atoms with Gasteiger partial charge in [0.25, 0.3) is 5.91 Å². The maximum absolute atomic E-state index is 12.6. The van der Waals surface area contributed by atoms with Gasteiger partial charge in [-0.2, -0.15) is 0 Å². The molecule has 0 spiro atoms. The molecule has 0 bridgehead atoms. The Labute approximate surface area is 170 Å². The van der Waals surface area contributed by atoms with Crippen molar-refractivity contribution in [3.8, 4) is 5.75 Å². The van der Waals surface area contributed by atoms with E-state index in [1.54, 1.807) is 30.3 Å². The molecule has 1 N–H and O–H groups in total. The third-order valence-corrected chi connectivity index (χ3v) is 4.96. The first kappa shape index (κ1) is 20.9. The standard InChI is InChI=1S/C21H28N4O4/c1-15-12-22-19(23-15)13-24(2)21(27)16-4-6-17(7-5-16)29-18-8-10-25(11-9-18)20(26)14-28-3/h4-7,12,18H,8-11,13-14H2,1-3H3,(H,22,23). The number of benzene rings is 1. The molecule has 3 rings (SSSR count). The maximum atomic E-state index is 12.6. The number of imidazole rings is 1. The van der Waals surface area contributed by atoms with E-state index in [4.69, 9.17) is 9.47 Å². The number of amides is 2. The molecule has 8 heteroatoms. The number of hydrogen-bond donors (Lipinski definition) is 1. The average molecular weight is 400 g/mol. The van der Waals surface area contributed by atoms with Gasteiger partial charge in [-0.3, -0.25) is 9.59 Å². The maximum Gasteiger partial charge on any atom is 0.254 e. The summed E-state index contributed by atoms with van der Waals surface area (Å²) in [6, 6.07) is 7.19. The number of methoxy groups -OCH3 is 1. The van der Waals surface area contributed by atoms with E-state index in [1.807, 2.05) is 24.0 Å². The third-order valence-electron chi connectivity index (χ3n) is 4.96. The Bertz CT molecular complexity index is 825. The van der Waals surface area contributed by atoms with Crippen molar-refractivity contribution < 1.29 is 19.1 Å². The van der Waals surface area contributed by atoms with E-state index in [1.165, 1.54) is 7.11 Å². The summed E-state index contributed by atoms with van der Waals surface area (Å²) in [6.07, 6.45) is 3.37. The van der Waals surface area contributed by atoms with Crippen LogP contribution in [-0.2, 0) is 16.1 Å². The minimum absolute atomic E-state index is 0.0163. The van der Waals surface area contributed by atoms with Crippen LogP contribution in [-0.4, -0.2) is 71.5 Å². The van der Waals surface area contributed by atoms with Crippen molar-refractivity contribution in [1.82, 2.24) is 19.8 Å². The van der Waals surface area contributed by atoms with Crippen LogP contribution in [0.3, 0.4) is 0 Å². The molecule has 1 aliphatic rings. The number of aromatic nitrogens is 2. The fourth-order valence-corrected chi connectivity index (χ4v) is 3.37. The van der Waals surface area contributed by atoms with Gasteiger partial charge in [-0.15, -0.1) is 0 Å². The van der Waals surface area contributed by atoms with Crippen LogP contribution in [0.15, 0.2) is 30.5 Å². The number of aromatic amines is 1. The van der Waals surface area contributed by atoms with Crippen LogP contribution in [0.25, 0.3) is 0 Å². The van der Waals surface area contributed by atoms with Gasteiger partial charge in [0.2, 0.25) is 5.91 Å². The van der Waals surface area contributed by atoms with Crippen molar-refractivity contribution in [3.63, 3.8) is 0 Å². The second kappa shape index (κ2) is 9.56. The summed E-state index contributed by atoms with van der Waals surface area (Å²) in [5.41, 5.74) is 1.57. The molecule has 2 amide bonds. The lowest BCUT2D eigenvalue weighted by atomic mass is 10.1.